The number of nitrogen functional groups attached to an aromatic ring is 1. The molecule has 0 saturated carbocycles. The van der Waals surface area contributed by atoms with Crippen molar-refractivity contribution < 1.29 is 4.42 Å². The van der Waals surface area contributed by atoms with Crippen LogP contribution in [0.1, 0.15) is 4.88 Å². The molecule has 0 unspecified atom stereocenters. The minimum atomic E-state index is 0.510. The van der Waals surface area contributed by atoms with Crippen molar-refractivity contribution in [2.75, 3.05) is 11.1 Å². The van der Waals surface area contributed by atoms with Gasteiger partial charge in [0.05, 0.1) is 6.54 Å². The van der Waals surface area contributed by atoms with Crippen LogP contribution in [0.5, 0.6) is 0 Å². The van der Waals surface area contributed by atoms with Gasteiger partial charge in [0.1, 0.15) is 5.52 Å². The molecule has 2 heterocycles. The van der Waals surface area contributed by atoms with Gasteiger partial charge in [-0.2, -0.15) is 4.98 Å². The van der Waals surface area contributed by atoms with E-state index in [2.05, 4.69) is 26.2 Å². The van der Waals surface area contributed by atoms with Gasteiger partial charge in [-0.25, -0.2) is 0 Å². The lowest BCUT2D eigenvalue weighted by molar-refractivity contribution is 0.615. The minimum absolute atomic E-state index is 0.510. The van der Waals surface area contributed by atoms with Gasteiger partial charge in [-0.3, -0.25) is 0 Å². The Bertz CT molecular complexity index is 692. The highest BCUT2D eigenvalue weighted by Crippen LogP contribution is 2.25. The summed E-state index contributed by atoms with van der Waals surface area (Å²) < 4.78 is 6.67. The van der Waals surface area contributed by atoms with Crippen molar-refractivity contribution >= 4 is 50.1 Å². The summed E-state index contributed by atoms with van der Waals surface area (Å²) in [5.74, 6) is 0. The van der Waals surface area contributed by atoms with Crippen LogP contribution >= 0.6 is 27.3 Å². The number of rotatable bonds is 3. The summed E-state index contributed by atoms with van der Waals surface area (Å²) in [5, 5.41) is 5.19. The lowest BCUT2D eigenvalue weighted by atomic mass is 10.3. The van der Waals surface area contributed by atoms with Crippen LogP contribution in [0.4, 0.5) is 11.7 Å². The van der Waals surface area contributed by atoms with Crippen molar-refractivity contribution in [1.82, 2.24) is 4.98 Å². The molecule has 0 aliphatic carbocycles. The van der Waals surface area contributed by atoms with E-state index in [9.17, 15) is 0 Å². The number of fused-ring (bicyclic) bond motifs is 1. The highest BCUT2D eigenvalue weighted by molar-refractivity contribution is 9.10. The Balaban J connectivity index is 1.81. The fourth-order valence-corrected chi connectivity index (χ4v) is 3.06. The van der Waals surface area contributed by atoms with E-state index in [0.717, 1.165) is 15.6 Å². The lowest BCUT2D eigenvalue weighted by Crippen LogP contribution is -1.97. The number of benzene rings is 1. The third kappa shape index (κ3) is 2.21. The summed E-state index contributed by atoms with van der Waals surface area (Å²) >= 11 is 5.17. The van der Waals surface area contributed by atoms with E-state index in [4.69, 9.17) is 10.2 Å². The molecule has 0 spiro atoms. The smallest absolute Gasteiger partial charge is 0.295 e. The topological polar surface area (TPSA) is 64.1 Å². The van der Waals surface area contributed by atoms with Crippen LogP contribution in [-0.2, 0) is 6.54 Å². The van der Waals surface area contributed by atoms with E-state index >= 15 is 0 Å². The van der Waals surface area contributed by atoms with Crippen molar-refractivity contribution in [3.63, 3.8) is 0 Å². The zero-order valence-corrected chi connectivity index (χ0v) is 11.7. The van der Waals surface area contributed by atoms with Gasteiger partial charge in [-0.05, 0) is 45.6 Å². The highest BCUT2D eigenvalue weighted by Gasteiger charge is 2.07. The second kappa shape index (κ2) is 4.62. The number of halogens is 1. The number of hydrogen-bond acceptors (Lipinski definition) is 5. The predicted molar refractivity (Wildman–Crippen MR) is 77.8 cm³/mol. The first-order chi connectivity index (χ1) is 8.72. The zero-order chi connectivity index (χ0) is 12.5. The van der Waals surface area contributed by atoms with Gasteiger partial charge in [-0.15, -0.1) is 11.3 Å². The second-order valence-electron chi connectivity index (χ2n) is 3.79. The van der Waals surface area contributed by atoms with E-state index in [-0.39, 0.29) is 0 Å². The number of aromatic nitrogens is 1. The Morgan fingerprint density at radius 1 is 1.39 bits per heavy atom. The van der Waals surface area contributed by atoms with Crippen LogP contribution in [0, 0.1) is 0 Å². The molecule has 3 rings (SSSR count). The van der Waals surface area contributed by atoms with Gasteiger partial charge in [0.15, 0.2) is 5.58 Å². The van der Waals surface area contributed by atoms with Gasteiger partial charge in [0, 0.05) is 15.0 Å². The minimum Gasteiger partial charge on any atom is -0.424 e. The first kappa shape index (κ1) is 11.6. The molecule has 3 aromatic rings. The SMILES string of the molecule is Nc1ccc2oc(NCc3sccc3Br)nc2c1. The molecule has 0 amide bonds. The second-order valence-corrected chi connectivity index (χ2v) is 5.65. The molecule has 92 valence electrons. The molecule has 3 N–H and O–H groups in total. The van der Waals surface area contributed by atoms with Gasteiger partial charge in [-0.1, -0.05) is 0 Å². The van der Waals surface area contributed by atoms with Gasteiger partial charge >= 0.3 is 0 Å². The number of thiophene rings is 1. The third-order valence-electron chi connectivity index (χ3n) is 2.50. The number of hydrogen-bond donors (Lipinski definition) is 2. The average molecular weight is 324 g/mol. The number of nitrogens with one attached hydrogen (secondary N) is 1. The number of nitrogens with two attached hydrogens (primary N) is 1. The van der Waals surface area contributed by atoms with Crippen LogP contribution in [0.15, 0.2) is 38.5 Å². The Morgan fingerprint density at radius 2 is 2.28 bits per heavy atom. The summed E-state index contributed by atoms with van der Waals surface area (Å²) in [5.41, 5.74) is 7.88. The van der Waals surface area contributed by atoms with Gasteiger partial charge in [0.25, 0.3) is 6.01 Å². The van der Waals surface area contributed by atoms with Crippen LogP contribution in [0.3, 0.4) is 0 Å². The van der Waals surface area contributed by atoms with E-state index in [1.807, 2.05) is 17.5 Å². The molecule has 18 heavy (non-hydrogen) atoms. The predicted octanol–water partition coefficient (Wildman–Crippen LogP) is 3.85. The van der Waals surface area contributed by atoms with Crippen LogP contribution in [0.2, 0.25) is 0 Å². The molecule has 0 atom stereocenters. The summed E-state index contributed by atoms with van der Waals surface area (Å²) in [4.78, 5) is 5.54. The number of nitrogens with zero attached hydrogens (tertiary/aromatic N) is 1. The molecular weight excluding hydrogens is 314 g/mol. The van der Waals surface area contributed by atoms with Crippen molar-refractivity contribution in [2.45, 2.75) is 6.54 Å². The molecule has 0 radical (unpaired) electrons. The summed E-state index contributed by atoms with van der Waals surface area (Å²) in [6.45, 7) is 0.681. The Kier molecular flexibility index (Phi) is 2.97. The van der Waals surface area contributed by atoms with Crippen LogP contribution in [0.25, 0.3) is 11.1 Å². The van der Waals surface area contributed by atoms with Crippen molar-refractivity contribution in [3.8, 4) is 0 Å². The third-order valence-corrected chi connectivity index (χ3v) is 4.43. The monoisotopic (exact) mass is 323 g/mol. The van der Waals surface area contributed by atoms with E-state index in [1.54, 1.807) is 23.5 Å². The van der Waals surface area contributed by atoms with E-state index in [0.29, 0.717) is 18.2 Å². The maximum atomic E-state index is 5.70. The normalized spacial score (nSPS) is 10.9. The molecule has 0 saturated heterocycles. The Hall–Kier alpha value is -1.53. The molecule has 0 aliphatic rings. The molecular formula is C12H10BrN3OS. The molecule has 1 aromatic carbocycles. The van der Waals surface area contributed by atoms with Gasteiger partial charge < -0.3 is 15.5 Å². The number of anilines is 2. The number of oxazole rings is 1. The van der Waals surface area contributed by atoms with Crippen molar-refractivity contribution in [3.05, 3.63) is 39.0 Å². The molecule has 6 heteroatoms. The van der Waals surface area contributed by atoms with E-state index < -0.39 is 0 Å². The van der Waals surface area contributed by atoms with Crippen LogP contribution in [-0.4, -0.2) is 4.98 Å². The molecule has 2 aromatic heterocycles. The fourth-order valence-electron chi connectivity index (χ4n) is 1.63. The van der Waals surface area contributed by atoms with E-state index in [1.165, 1.54) is 4.88 Å². The van der Waals surface area contributed by atoms with Crippen molar-refractivity contribution in [2.24, 2.45) is 0 Å². The maximum Gasteiger partial charge on any atom is 0.295 e. The summed E-state index contributed by atoms with van der Waals surface area (Å²) in [7, 11) is 0. The molecule has 4 nitrogen and oxygen atoms in total. The largest absolute Gasteiger partial charge is 0.424 e. The Labute approximate surface area is 116 Å². The molecule has 0 fully saturated rings. The summed E-state index contributed by atoms with van der Waals surface area (Å²) in [6, 6.07) is 7.95. The quantitative estimate of drug-likeness (QED) is 0.718. The van der Waals surface area contributed by atoms with Gasteiger partial charge in [0.2, 0.25) is 0 Å². The average Bonchev–Trinajstić information content (AvgIpc) is 2.92. The fraction of sp³-hybridized carbons (Fsp3) is 0.0833. The Morgan fingerprint density at radius 3 is 3.06 bits per heavy atom. The maximum absolute atomic E-state index is 5.70. The van der Waals surface area contributed by atoms with Crippen molar-refractivity contribution in [1.29, 1.82) is 0 Å². The van der Waals surface area contributed by atoms with Crippen LogP contribution < -0.4 is 11.1 Å². The lowest BCUT2D eigenvalue weighted by Gasteiger charge is -1.98. The molecule has 0 aliphatic heterocycles. The first-order valence-electron chi connectivity index (χ1n) is 5.34. The zero-order valence-electron chi connectivity index (χ0n) is 9.31. The standard InChI is InChI=1S/C12H10BrN3OS/c13-8-3-4-18-11(8)6-15-12-16-9-5-7(14)1-2-10(9)17-12/h1-5H,6,14H2,(H,15,16). The first-order valence-corrected chi connectivity index (χ1v) is 7.01. The highest BCUT2D eigenvalue weighted by atomic mass is 79.9. The molecule has 0 bridgehead atoms. The summed E-state index contributed by atoms with van der Waals surface area (Å²) in [6.07, 6.45) is 0.